The summed E-state index contributed by atoms with van der Waals surface area (Å²) in [6, 6.07) is 10.1. The molecule has 0 radical (unpaired) electrons. The molecule has 1 fully saturated rings. The quantitative estimate of drug-likeness (QED) is 0.804. The zero-order valence-electron chi connectivity index (χ0n) is 11.5. The summed E-state index contributed by atoms with van der Waals surface area (Å²) in [5.74, 6) is 1.73. The smallest absolute Gasteiger partial charge is 0.120 e. The van der Waals surface area contributed by atoms with E-state index in [1.807, 2.05) is 24.3 Å². The topological polar surface area (TPSA) is 42.2 Å². The Labute approximate surface area is 115 Å². The SMILES string of the molecule is CCCOc1ccc(OC2CCCCC2C#N)cc1. The molecule has 1 aliphatic carbocycles. The average Bonchev–Trinajstić information content (AvgIpc) is 2.47. The highest BCUT2D eigenvalue weighted by Crippen LogP contribution is 2.28. The van der Waals surface area contributed by atoms with Crippen molar-refractivity contribution < 1.29 is 9.47 Å². The highest BCUT2D eigenvalue weighted by atomic mass is 16.5. The lowest BCUT2D eigenvalue weighted by atomic mass is 9.87. The molecule has 0 amide bonds. The van der Waals surface area contributed by atoms with Crippen molar-refractivity contribution >= 4 is 0 Å². The second-order valence-electron chi connectivity index (χ2n) is 5.00. The van der Waals surface area contributed by atoms with E-state index in [1.165, 1.54) is 0 Å². The van der Waals surface area contributed by atoms with Crippen LogP contribution in [-0.2, 0) is 0 Å². The molecule has 0 aliphatic heterocycles. The van der Waals surface area contributed by atoms with Crippen LogP contribution in [0.4, 0.5) is 0 Å². The van der Waals surface area contributed by atoms with Crippen LogP contribution in [0.5, 0.6) is 11.5 Å². The minimum absolute atomic E-state index is 0.0322. The Morgan fingerprint density at radius 3 is 2.53 bits per heavy atom. The van der Waals surface area contributed by atoms with Crippen molar-refractivity contribution in [3.63, 3.8) is 0 Å². The van der Waals surface area contributed by atoms with Crippen molar-refractivity contribution in [2.45, 2.75) is 45.1 Å². The van der Waals surface area contributed by atoms with Crippen LogP contribution in [0.2, 0.25) is 0 Å². The van der Waals surface area contributed by atoms with E-state index in [2.05, 4.69) is 13.0 Å². The van der Waals surface area contributed by atoms with E-state index >= 15 is 0 Å². The van der Waals surface area contributed by atoms with Gasteiger partial charge in [-0.3, -0.25) is 0 Å². The number of hydrogen-bond donors (Lipinski definition) is 0. The van der Waals surface area contributed by atoms with Gasteiger partial charge in [-0.25, -0.2) is 0 Å². The molecule has 2 rings (SSSR count). The van der Waals surface area contributed by atoms with Crippen molar-refractivity contribution in [3.8, 4) is 17.6 Å². The van der Waals surface area contributed by atoms with Gasteiger partial charge in [0, 0.05) is 0 Å². The Morgan fingerprint density at radius 2 is 1.84 bits per heavy atom. The molecule has 0 bridgehead atoms. The highest BCUT2D eigenvalue weighted by molar-refractivity contribution is 5.31. The lowest BCUT2D eigenvalue weighted by Crippen LogP contribution is -2.29. The van der Waals surface area contributed by atoms with Gasteiger partial charge in [-0.2, -0.15) is 5.26 Å². The van der Waals surface area contributed by atoms with Crippen molar-refractivity contribution in [2.24, 2.45) is 5.92 Å². The second-order valence-corrected chi connectivity index (χ2v) is 5.00. The van der Waals surface area contributed by atoms with E-state index < -0.39 is 0 Å². The normalized spacial score (nSPS) is 22.5. The maximum Gasteiger partial charge on any atom is 0.120 e. The monoisotopic (exact) mass is 259 g/mol. The Bertz CT molecular complexity index is 421. The summed E-state index contributed by atoms with van der Waals surface area (Å²) < 4.78 is 11.5. The first kappa shape index (κ1) is 13.7. The van der Waals surface area contributed by atoms with Gasteiger partial charge in [0.1, 0.15) is 17.6 Å². The second kappa shape index (κ2) is 7.04. The zero-order chi connectivity index (χ0) is 13.5. The van der Waals surface area contributed by atoms with Crippen LogP contribution >= 0.6 is 0 Å². The molecule has 102 valence electrons. The number of nitrogens with zero attached hydrogens (tertiary/aromatic N) is 1. The lowest BCUT2D eigenvalue weighted by molar-refractivity contribution is 0.120. The standard InChI is InChI=1S/C16H21NO2/c1-2-11-18-14-7-9-15(10-8-14)19-16-6-4-3-5-13(16)12-17/h7-10,13,16H,2-6,11H2,1H3. The molecular formula is C16H21NO2. The van der Waals surface area contributed by atoms with Crippen LogP contribution < -0.4 is 9.47 Å². The molecule has 0 saturated heterocycles. The summed E-state index contributed by atoms with van der Waals surface area (Å²) in [5, 5.41) is 9.13. The molecule has 19 heavy (non-hydrogen) atoms. The fourth-order valence-corrected chi connectivity index (χ4v) is 2.39. The van der Waals surface area contributed by atoms with Gasteiger partial charge in [-0.05, 0) is 49.9 Å². The number of hydrogen-bond acceptors (Lipinski definition) is 3. The molecule has 1 saturated carbocycles. The molecule has 1 aromatic rings. The van der Waals surface area contributed by atoms with Gasteiger partial charge in [0.2, 0.25) is 0 Å². The molecule has 2 unspecified atom stereocenters. The lowest BCUT2D eigenvalue weighted by Gasteiger charge is -2.27. The van der Waals surface area contributed by atoms with E-state index in [1.54, 1.807) is 0 Å². The molecule has 0 N–H and O–H groups in total. The summed E-state index contributed by atoms with van der Waals surface area (Å²) >= 11 is 0. The summed E-state index contributed by atoms with van der Waals surface area (Å²) in [6.45, 7) is 2.82. The maximum atomic E-state index is 9.13. The third-order valence-electron chi connectivity index (χ3n) is 3.45. The van der Waals surface area contributed by atoms with E-state index in [0.717, 1.165) is 50.2 Å². The molecule has 3 heteroatoms. The van der Waals surface area contributed by atoms with E-state index in [4.69, 9.17) is 14.7 Å². The number of rotatable bonds is 5. The average molecular weight is 259 g/mol. The van der Waals surface area contributed by atoms with Gasteiger partial charge in [-0.1, -0.05) is 13.3 Å². The third-order valence-corrected chi connectivity index (χ3v) is 3.45. The third kappa shape index (κ3) is 3.89. The molecule has 0 aromatic heterocycles. The van der Waals surface area contributed by atoms with E-state index in [9.17, 15) is 0 Å². The van der Waals surface area contributed by atoms with Crippen LogP contribution in [0.15, 0.2) is 24.3 Å². The van der Waals surface area contributed by atoms with Gasteiger partial charge in [0.15, 0.2) is 0 Å². The summed E-state index contributed by atoms with van der Waals surface area (Å²) in [5.41, 5.74) is 0. The van der Waals surface area contributed by atoms with Crippen molar-refractivity contribution in [1.82, 2.24) is 0 Å². The molecule has 0 heterocycles. The first-order valence-electron chi connectivity index (χ1n) is 7.12. The summed E-state index contributed by atoms with van der Waals surface area (Å²) in [6.07, 6.45) is 5.28. The van der Waals surface area contributed by atoms with Crippen LogP contribution in [0.1, 0.15) is 39.0 Å². The van der Waals surface area contributed by atoms with Crippen LogP contribution in [0.25, 0.3) is 0 Å². The molecule has 0 spiro atoms. The first-order chi connectivity index (χ1) is 9.33. The largest absolute Gasteiger partial charge is 0.494 e. The Kier molecular flexibility index (Phi) is 5.09. The van der Waals surface area contributed by atoms with Gasteiger partial charge in [-0.15, -0.1) is 0 Å². The molecule has 1 aliphatic rings. The summed E-state index contributed by atoms with van der Waals surface area (Å²) in [7, 11) is 0. The van der Waals surface area contributed by atoms with E-state index in [0.29, 0.717) is 0 Å². The van der Waals surface area contributed by atoms with Crippen LogP contribution in [0.3, 0.4) is 0 Å². The van der Waals surface area contributed by atoms with E-state index in [-0.39, 0.29) is 12.0 Å². The van der Waals surface area contributed by atoms with Gasteiger partial charge in [0.25, 0.3) is 0 Å². The Morgan fingerprint density at radius 1 is 1.16 bits per heavy atom. The van der Waals surface area contributed by atoms with Gasteiger partial charge < -0.3 is 9.47 Å². The molecule has 2 atom stereocenters. The number of nitriles is 1. The van der Waals surface area contributed by atoms with Crippen molar-refractivity contribution in [1.29, 1.82) is 5.26 Å². The van der Waals surface area contributed by atoms with Crippen molar-refractivity contribution in [3.05, 3.63) is 24.3 Å². The molecule has 3 nitrogen and oxygen atoms in total. The predicted octanol–water partition coefficient (Wildman–Crippen LogP) is 3.94. The van der Waals surface area contributed by atoms with Gasteiger partial charge >= 0.3 is 0 Å². The number of ether oxygens (including phenoxy) is 2. The minimum Gasteiger partial charge on any atom is -0.494 e. The Balaban J connectivity index is 1.93. The minimum atomic E-state index is 0.0322. The predicted molar refractivity (Wildman–Crippen MR) is 74.2 cm³/mol. The first-order valence-corrected chi connectivity index (χ1v) is 7.12. The highest BCUT2D eigenvalue weighted by Gasteiger charge is 2.26. The van der Waals surface area contributed by atoms with Crippen LogP contribution in [-0.4, -0.2) is 12.7 Å². The fourth-order valence-electron chi connectivity index (χ4n) is 2.39. The van der Waals surface area contributed by atoms with Gasteiger partial charge in [0.05, 0.1) is 18.6 Å². The number of benzene rings is 1. The Hall–Kier alpha value is -1.69. The van der Waals surface area contributed by atoms with Crippen molar-refractivity contribution in [2.75, 3.05) is 6.61 Å². The fraction of sp³-hybridized carbons (Fsp3) is 0.562. The summed E-state index contributed by atoms with van der Waals surface area (Å²) in [4.78, 5) is 0. The molecular weight excluding hydrogens is 238 g/mol. The maximum absolute atomic E-state index is 9.13. The zero-order valence-corrected chi connectivity index (χ0v) is 11.5. The molecule has 1 aromatic carbocycles. The van der Waals surface area contributed by atoms with Crippen LogP contribution in [0, 0.1) is 17.2 Å².